The van der Waals surface area contributed by atoms with E-state index in [4.69, 9.17) is 4.74 Å². The van der Waals surface area contributed by atoms with E-state index < -0.39 is 5.60 Å². The lowest BCUT2D eigenvalue weighted by molar-refractivity contribution is 0.0505. The Balaban J connectivity index is 1.70. The molecule has 2 rings (SSSR count). The highest BCUT2D eigenvalue weighted by atomic mass is 16.6. The van der Waals surface area contributed by atoms with Crippen LogP contribution in [0.2, 0.25) is 0 Å². The van der Waals surface area contributed by atoms with E-state index in [1.807, 2.05) is 20.8 Å². The number of alkyl carbamates (subject to hydrolysis) is 1. The zero-order valence-corrected chi connectivity index (χ0v) is 14.3. The summed E-state index contributed by atoms with van der Waals surface area (Å²) in [6.45, 7) is 10.4. The number of carbonyl (C=O) groups is 1. The first-order valence-corrected chi connectivity index (χ1v) is 8.38. The first-order valence-electron chi connectivity index (χ1n) is 8.38. The topological polar surface area (TPSA) is 50.4 Å². The molecule has 2 aliphatic carbocycles. The molecule has 0 aromatic heterocycles. The zero-order chi connectivity index (χ0) is 15.7. The predicted molar refractivity (Wildman–Crippen MR) is 85.4 cm³/mol. The number of nitrogens with one attached hydrogen (secondary N) is 2. The van der Waals surface area contributed by atoms with Gasteiger partial charge in [-0.1, -0.05) is 13.8 Å². The second-order valence-corrected chi connectivity index (χ2v) is 8.62. The van der Waals surface area contributed by atoms with E-state index in [0.717, 1.165) is 19.3 Å². The molecular formula is C17H32N2O2. The zero-order valence-electron chi connectivity index (χ0n) is 14.3. The van der Waals surface area contributed by atoms with Crippen LogP contribution in [0, 0.1) is 5.41 Å². The highest BCUT2D eigenvalue weighted by Crippen LogP contribution is 2.37. The minimum Gasteiger partial charge on any atom is -0.444 e. The summed E-state index contributed by atoms with van der Waals surface area (Å²) in [5.74, 6) is 0. The number of amides is 1. The maximum absolute atomic E-state index is 11.8. The van der Waals surface area contributed by atoms with Crippen LogP contribution in [0.5, 0.6) is 0 Å². The van der Waals surface area contributed by atoms with E-state index in [1.54, 1.807) is 0 Å². The van der Waals surface area contributed by atoms with Gasteiger partial charge in [0.2, 0.25) is 0 Å². The van der Waals surface area contributed by atoms with Gasteiger partial charge in [-0.25, -0.2) is 4.79 Å². The van der Waals surface area contributed by atoms with Crippen molar-refractivity contribution < 1.29 is 9.53 Å². The minimum absolute atomic E-state index is 0.256. The number of ether oxygens (including phenoxy) is 1. The minimum atomic E-state index is -0.421. The third-order valence-electron chi connectivity index (χ3n) is 4.59. The molecule has 3 unspecified atom stereocenters. The van der Waals surface area contributed by atoms with Crippen molar-refractivity contribution in [3.8, 4) is 0 Å². The number of hydrogen-bond donors (Lipinski definition) is 2. The Morgan fingerprint density at radius 1 is 1.10 bits per heavy atom. The van der Waals surface area contributed by atoms with Gasteiger partial charge in [0, 0.05) is 18.1 Å². The fourth-order valence-corrected chi connectivity index (χ4v) is 3.65. The second kappa shape index (κ2) is 6.15. The van der Waals surface area contributed by atoms with Gasteiger partial charge in [-0.2, -0.15) is 0 Å². The van der Waals surface area contributed by atoms with Gasteiger partial charge in [0.15, 0.2) is 0 Å². The van der Waals surface area contributed by atoms with Crippen LogP contribution in [0.3, 0.4) is 0 Å². The van der Waals surface area contributed by atoms with E-state index >= 15 is 0 Å². The SMILES string of the molecule is CC1(C)CCC(NC2CCC(NC(=O)OC(C)(C)C)C2)C1. The molecular weight excluding hydrogens is 264 g/mol. The van der Waals surface area contributed by atoms with Crippen molar-refractivity contribution >= 4 is 6.09 Å². The Hall–Kier alpha value is -0.770. The van der Waals surface area contributed by atoms with Gasteiger partial charge in [0.25, 0.3) is 0 Å². The van der Waals surface area contributed by atoms with Crippen LogP contribution in [0.1, 0.15) is 73.1 Å². The van der Waals surface area contributed by atoms with E-state index in [1.165, 1.54) is 19.3 Å². The molecule has 4 nitrogen and oxygen atoms in total. The molecule has 0 heterocycles. The molecule has 4 heteroatoms. The first kappa shape index (κ1) is 16.6. The Kier molecular flexibility index (Phi) is 4.86. The normalized spacial score (nSPS) is 32.1. The van der Waals surface area contributed by atoms with E-state index in [9.17, 15) is 4.79 Å². The van der Waals surface area contributed by atoms with E-state index in [-0.39, 0.29) is 12.1 Å². The summed E-state index contributed by atoms with van der Waals surface area (Å²) >= 11 is 0. The van der Waals surface area contributed by atoms with Crippen LogP contribution in [-0.4, -0.2) is 29.8 Å². The lowest BCUT2D eigenvalue weighted by Crippen LogP contribution is -2.40. The molecule has 0 spiro atoms. The highest BCUT2D eigenvalue weighted by Gasteiger charge is 2.34. The Morgan fingerprint density at radius 2 is 1.76 bits per heavy atom. The molecule has 2 fully saturated rings. The van der Waals surface area contributed by atoms with Gasteiger partial charge in [0.1, 0.15) is 5.60 Å². The Morgan fingerprint density at radius 3 is 2.33 bits per heavy atom. The van der Waals surface area contributed by atoms with E-state index in [2.05, 4.69) is 24.5 Å². The van der Waals surface area contributed by atoms with Crippen molar-refractivity contribution in [2.45, 2.75) is 96.9 Å². The van der Waals surface area contributed by atoms with Crippen molar-refractivity contribution in [2.24, 2.45) is 5.41 Å². The van der Waals surface area contributed by atoms with Crippen LogP contribution in [-0.2, 0) is 4.74 Å². The monoisotopic (exact) mass is 296 g/mol. The van der Waals surface area contributed by atoms with Crippen LogP contribution in [0.4, 0.5) is 4.79 Å². The van der Waals surface area contributed by atoms with Crippen molar-refractivity contribution in [3.63, 3.8) is 0 Å². The van der Waals surface area contributed by atoms with Crippen LogP contribution >= 0.6 is 0 Å². The van der Waals surface area contributed by atoms with Gasteiger partial charge in [-0.05, 0) is 64.7 Å². The molecule has 0 aliphatic heterocycles. The number of carbonyl (C=O) groups excluding carboxylic acids is 1. The van der Waals surface area contributed by atoms with Crippen molar-refractivity contribution in [3.05, 3.63) is 0 Å². The second-order valence-electron chi connectivity index (χ2n) is 8.62. The third-order valence-corrected chi connectivity index (χ3v) is 4.59. The lowest BCUT2D eigenvalue weighted by atomic mass is 9.92. The summed E-state index contributed by atoms with van der Waals surface area (Å²) in [7, 11) is 0. The maximum Gasteiger partial charge on any atom is 0.407 e. The summed E-state index contributed by atoms with van der Waals surface area (Å²) < 4.78 is 5.33. The van der Waals surface area contributed by atoms with Gasteiger partial charge < -0.3 is 15.4 Å². The van der Waals surface area contributed by atoms with E-state index in [0.29, 0.717) is 17.5 Å². The molecule has 122 valence electrons. The summed E-state index contributed by atoms with van der Waals surface area (Å²) in [6.07, 6.45) is 6.81. The number of hydrogen-bond acceptors (Lipinski definition) is 3. The maximum atomic E-state index is 11.8. The molecule has 0 bridgehead atoms. The molecule has 1 amide bonds. The predicted octanol–water partition coefficient (Wildman–Crippen LogP) is 3.60. The van der Waals surface area contributed by atoms with Crippen molar-refractivity contribution in [2.75, 3.05) is 0 Å². The first-order chi connectivity index (χ1) is 9.63. The van der Waals surface area contributed by atoms with Crippen LogP contribution in [0.15, 0.2) is 0 Å². The molecule has 2 N–H and O–H groups in total. The van der Waals surface area contributed by atoms with Crippen LogP contribution in [0.25, 0.3) is 0 Å². The van der Waals surface area contributed by atoms with Crippen molar-refractivity contribution in [1.29, 1.82) is 0 Å². The fourth-order valence-electron chi connectivity index (χ4n) is 3.65. The summed E-state index contributed by atoms with van der Waals surface area (Å²) in [5.41, 5.74) is 0.0696. The molecule has 0 radical (unpaired) electrons. The lowest BCUT2D eigenvalue weighted by Gasteiger charge is -2.23. The Labute approximate surface area is 129 Å². The molecule has 0 aromatic rings. The van der Waals surface area contributed by atoms with Gasteiger partial charge in [-0.3, -0.25) is 0 Å². The van der Waals surface area contributed by atoms with Crippen molar-refractivity contribution in [1.82, 2.24) is 10.6 Å². The molecule has 3 atom stereocenters. The average Bonchev–Trinajstić information content (AvgIpc) is 2.83. The highest BCUT2D eigenvalue weighted by molar-refractivity contribution is 5.68. The summed E-state index contributed by atoms with van der Waals surface area (Å²) in [5, 5.41) is 6.80. The summed E-state index contributed by atoms with van der Waals surface area (Å²) in [6, 6.07) is 1.46. The van der Waals surface area contributed by atoms with Gasteiger partial charge in [-0.15, -0.1) is 0 Å². The molecule has 2 saturated carbocycles. The summed E-state index contributed by atoms with van der Waals surface area (Å²) in [4.78, 5) is 11.8. The number of rotatable bonds is 3. The standard InChI is InChI=1S/C17H32N2O2/c1-16(2,3)21-15(20)19-13-7-6-12(10-13)18-14-8-9-17(4,5)11-14/h12-14,18H,6-11H2,1-5H3,(H,19,20). The van der Waals surface area contributed by atoms with Gasteiger partial charge >= 0.3 is 6.09 Å². The van der Waals surface area contributed by atoms with Crippen LogP contribution < -0.4 is 10.6 Å². The Bertz CT molecular complexity index is 373. The average molecular weight is 296 g/mol. The quantitative estimate of drug-likeness (QED) is 0.836. The molecule has 0 saturated heterocycles. The largest absolute Gasteiger partial charge is 0.444 e. The molecule has 0 aromatic carbocycles. The van der Waals surface area contributed by atoms with Gasteiger partial charge in [0.05, 0.1) is 0 Å². The fraction of sp³-hybridized carbons (Fsp3) is 0.941. The third kappa shape index (κ3) is 5.50. The molecule has 2 aliphatic rings. The molecule has 21 heavy (non-hydrogen) atoms. The smallest absolute Gasteiger partial charge is 0.407 e.